The second-order valence-electron chi connectivity index (χ2n) is 6.97. The second-order valence-corrected chi connectivity index (χ2v) is 9.92. The Morgan fingerprint density at radius 2 is 2.26 bits per heavy atom. The molecule has 2 aliphatic rings. The Kier molecular flexibility index (Phi) is 7.44. The van der Waals surface area contributed by atoms with Crippen LogP contribution in [0.25, 0.3) is 0 Å². The van der Waals surface area contributed by atoms with Gasteiger partial charge >= 0.3 is 5.97 Å². The smallest absolute Gasteiger partial charge is 0.352 e. The molecule has 1 fully saturated rings. The van der Waals surface area contributed by atoms with Gasteiger partial charge in [-0.25, -0.2) is 4.79 Å². The molecule has 0 spiro atoms. The molecular formula is C17H20N8O6S3. The average molecular weight is 529 g/mol. The maximum absolute atomic E-state index is 13.1. The lowest BCUT2D eigenvalue weighted by Crippen LogP contribution is -2.80. The molecule has 2 amide bonds. The number of rotatable bonds is 11. The molecule has 1 saturated heterocycles. The second kappa shape index (κ2) is 10.3. The number of amides is 2. The van der Waals surface area contributed by atoms with Crippen LogP contribution < -0.4 is 5.32 Å². The summed E-state index contributed by atoms with van der Waals surface area (Å²) in [6.07, 6.45) is 1.88. The van der Waals surface area contributed by atoms with Crippen LogP contribution in [0.3, 0.4) is 0 Å². The van der Waals surface area contributed by atoms with Crippen molar-refractivity contribution in [3.8, 4) is 0 Å². The number of thioether (sulfide) groups is 3. The van der Waals surface area contributed by atoms with E-state index >= 15 is 0 Å². The molecule has 34 heavy (non-hydrogen) atoms. The van der Waals surface area contributed by atoms with E-state index in [1.165, 1.54) is 53.5 Å². The van der Waals surface area contributed by atoms with Gasteiger partial charge in [0.05, 0.1) is 5.75 Å². The predicted octanol–water partition coefficient (Wildman–Crippen LogP) is -0.186. The molecule has 14 nitrogen and oxygen atoms in total. The monoisotopic (exact) mass is 528 g/mol. The van der Waals surface area contributed by atoms with Crippen molar-refractivity contribution >= 4 is 53.1 Å². The first-order valence-corrected chi connectivity index (χ1v) is 13.1. The highest BCUT2D eigenvalue weighted by Crippen LogP contribution is 2.47. The number of hydrogen-bond acceptors (Lipinski definition) is 13. The standard InChI is InChI=1S/C17H20N8O6S3/c1-3-11-21-22-16(31-11)34-5-9-4-33-15-17(30-2,14(29)25(15)12(9)13(27)28)20-10(26)6-32-8-24-19-7-18-23-24/h7,15H,3-6,8H2,1-2H3,(H,20,26)(H,27,28)/t15?,17-/m0/s1. The third-order valence-electron chi connectivity index (χ3n) is 4.91. The number of hydrogen-bond donors (Lipinski definition) is 2. The third-order valence-corrected chi connectivity index (χ3v) is 8.07. The SMILES string of the molecule is CCc1nnc(SCC2=C(C(=O)O)N3C(=O)[C@](NC(=O)CSCn4ncnn4)(OC)C3SC2)o1. The van der Waals surface area contributed by atoms with Crippen molar-refractivity contribution in [2.75, 3.05) is 24.4 Å². The van der Waals surface area contributed by atoms with E-state index in [0.29, 0.717) is 34.7 Å². The first-order valence-electron chi connectivity index (χ1n) is 9.90. The van der Waals surface area contributed by atoms with Crippen molar-refractivity contribution < 1.29 is 28.6 Å². The molecule has 182 valence electrons. The minimum Gasteiger partial charge on any atom is -0.477 e. The summed E-state index contributed by atoms with van der Waals surface area (Å²) in [6, 6.07) is 0. The van der Waals surface area contributed by atoms with E-state index in [-0.39, 0.29) is 17.2 Å². The van der Waals surface area contributed by atoms with Crippen LogP contribution in [-0.4, -0.2) is 93.7 Å². The predicted molar refractivity (Wildman–Crippen MR) is 120 cm³/mol. The van der Waals surface area contributed by atoms with Gasteiger partial charge in [-0.1, -0.05) is 18.7 Å². The van der Waals surface area contributed by atoms with Gasteiger partial charge in [0.2, 0.25) is 11.8 Å². The Bertz CT molecular complexity index is 1110. The highest BCUT2D eigenvalue weighted by Gasteiger charge is 2.66. The summed E-state index contributed by atoms with van der Waals surface area (Å²) in [7, 11) is 1.30. The molecule has 0 aliphatic carbocycles. The number of carboxylic acid groups (broad SMARTS) is 1. The van der Waals surface area contributed by atoms with Crippen molar-refractivity contribution in [3.63, 3.8) is 0 Å². The van der Waals surface area contributed by atoms with E-state index in [0.717, 1.165) is 4.90 Å². The largest absolute Gasteiger partial charge is 0.477 e. The summed E-state index contributed by atoms with van der Waals surface area (Å²) in [5.41, 5.74) is -1.23. The summed E-state index contributed by atoms with van der Waals surface area (Å²) >= 11 is 3.74. The molecule has 2 atom stereocenters. The summed E-state index contributed by atoms with van der Waals surface area (Å²) in [5, 5.41) is 31.0. The van der Waals surface area contributed by atoms with Gasteiger partial charge in [0.1, 0.15) is 16.9 Å². The zero-order valence-corrected chi connectivity index (χ0v) is 20.5. The van der Waals surface area contributed by atoms with Gasteiger partial charge in [0.25, 0.3) is 16.9 Å². The summed E-state index contributed by atoms with van der Waals surface area (Å²) < 4.78 is 10.9. The quantitative estimate of drug-likeness (QED) is 0.223. The normalized spacial score (nSPS) is 21.9. The molecule has 2 aromatic heterocycles. The summed E-state index contributed by atoms with van der Waals surface area (Å²) in [4.78, 5) is 40.2. The molecule has 17 heteroatoms. The fraction of sp³-hybridized carbons (Fsp3) is 0.529. The van der Waals surface area contributed by atoms with E-state index in [1.807, 2.05) is 6.92 Å². The van der Waals surface area contributed by atoms with Crippen LogP contribution in [0.4, 0.5) is 0 Å². The molecule has 4 heterocycles. The average Bonchev–Trinajstić information content (AvgIpc) is 3.52. The van der Waals surface area contributed by atoms with Crippen LogP contribution in [-0.2, 0) is 31.4 Å². The molecule has 2 N–H and O–H groups in total. The number of aliphatic carboxylic acids is 1. The van der Waals surface area contributed by atoms with Crippen molar-refractivity contribution in [1.29, 1.82) is 0 Å². The van der Waals surface area contributed by atoms with Gasteiger partial charge < -0.3 is 19.6 Å². The number of carboxylic acids is 1. The lowest BCUT2D eigenvalue weighted by molar-refractivity contribution is -0.192. The van der Waals surface area contributed by atoms with E-state index in [4.69, 9.17) is 9.15 Å². The topological polar surface area (TPSA) is 178 Å². The molecule has 0 radical (unpaired) electrons. The van der Waals surface area contributed by atoms with Gasteiger partial charge in [-0.05, 0) is 10.8 Å². The Balaban J connectivity index is 1.43. The summed E-state index contributed by atoms with van der Waals surface area (Å²) in [6.45, 7) is 1.88. The number of aryl methyl sites for hydroxylation is 1. The van der Waals surface area contributed by atoms with Crippen molar-refractivity contribution in [2.45, 2.75) is 35.5 Å². The first-order chi connectivity index (χ1) is 16.4. The Labute approximate surface area is 205 Å². The lowest BCUT2D eigenvalue weighted by Gasteiger charge is -2.55. The minimum atomic E-state index is -1.64. The molecule has 0 aromatic carbocycles. The zero-order chi connectivity index (χ0) is 24.3. The number of nitrogens with one attached hydrogen (secondary N) is 1. The number of β-lactam (4-membered cyclic amide) rings is 1. The molecule has 0 bridgehead atoms. The van der Waals surface area contributed by atoms with Crippen molar-refractivity contribution in [1.82, 2.24) is 40.6 Å². The number of methoxy groups -OCH3 is 1. The van der Waals surface area contributed by atoms with Crippen LogP contribution in [0.15, 0.2) is 27.2 Å². The van der Waals surface area contributed by atoms with Gasteiger partial charge in [-0.15, -0.1) is 43.9 Å². The fourth-order valence-corrected chi connectivity index (χ4v) is 6.34. The van der Waals surface area contributed by atoms with Crippen LogP contribution >= 0.6 is 35.3 Å². The lowest BCUT2D eigenvalue weighted by atomic mass is 9.98. The number of nitrogens with zero attached hydrogens (tertiary/aromatic N) is 7. The maximum atomic E-state index is 13.1. The van der Waals surface area contributed by atoms with E-state index < -0.39 is 28.9 Å². The molecule has 0 saturated carbocycles. The molecule has 2 aromatic rings. The Hall–Kier alpha value is -2.63. The van der Waals surface area contributed by atoms with Gasteiger partial charge in [0.15, 0.2) is 6.33 Å². The number of aromatic nitrogens is 6. The first kappa shape index (κ1) is 24.5. The number of fused-ring (bicyclic) bond motifs is 1. The molecule has 2 aliphatic heterocycles. The molecule has 1 unspecified atom stereocenters. The van der Waals surface area contributed by atoms with Crippen molar-refractivity contribution in [2.24, 2.45) is 0 Å². The van der Waals surface area contributed by atoms with Crippen LogP contribution in [0.2, 0.25) is 0 Å². The van der Waals surface area contributed by atoms with Gasteiger partial charge in [0, 0.05) is 25.0 Å². The number of carbonyl (C=O) groups excluding carboxylic acids is 2. The van der Waals surface area contributed by atoms with E-state index in [2.05, 4.69) is 30.9 Å². The van der Waals surface area contributed by atoms with Gasteiger partial charge in [-0.2, -0.15) is 4.80 Å². The third kappa shape index (κ3) is 4.64. The molecule has 4 rings (SSSR count). The maximum Gasteiger partial charge on any atom is 0.352 e. The Morgan fingerprint density at radius 1 is 1.44 bits per heavy atom. The highest BCUT2D eigenvalue weighted by atomic mass is 32.2. The fourth-order valence-electron chi connectivity index (χ4n) is 3.35. The van der Waals surface area contributed by atoms with E-state index in [9.17, 15) is 19.5 Å². The van der Waals surface area contributed by atoms with Crippen LogP contribution in [0, 0.1) is 0 Å². The number of tetrazole rings is 1. The van der Waals surface area contributed by atoms with Crippen LogP contribution in [0.5, 0.6) is 0 Å². The van der Waals surface area contributed by atoms with Crippen molar-refractivity contribution in [3.05, 3.63) is 23.5 Å². The van der Waals surface area contributed by atoms with E-state index in [1.54, 1.807) is 0 Å². The van der Waals surface area contributed by atoms with Gasteiger partial charge in [-0.3, -0.25) is 14.5 Å². The van der Waals surface area contributed by atoms with Crippen LogP contribution in [0.1, 0.15) is 12.8 Å². The molecular weight excluding hydrogens is 508 g/mol. The number of carbonyl (C=O) groups is 3. The zero-order valence-electron chi connectivity index (χ0n) is 18.0. The Morgan fingerprint density at radius 3 is 2.91 bits per heavy atom. The summed E-state index contributed by atoms with van der Waals surface area (Å²) in [5.74, 6) is -0.923. The highest BCUT2D eigenvalue weighted by molar-refractivity contribution is 8.01. The minimum absolute atomic E-state index is 0.0186. The number of ether oxygens (including phenoxy) is 1.